The predicted molar refractivity (Wildman–Crippen MR) is 200 cm³/mol. The second-order valence-corrected chi connectivity index (χ2v) is 17.6. The van der Waals surface area contributed by atoms with Gasteiger partial charge in [0, 0.05) is 59.5 Å². The number of rotatable bonds is 17. The molecule has 5 rings (SSSR count). The molecule has 1 heterocycles. The molecule has 25 heteroatoms. The number of aromatic carboxylic acids is 1. The summed E-state index contributed by atoms with van der Waals surface area (Å²) in [7, 11) is -15.1. The topological polar surface area (TPSA) is 318 Å². The number of sulfonamides is 1. The molecule has 0 fully saturated rings. The number of unbranched alkanes of at least 4 members (excludes halogenated alkanes) is 2. The van der Waals surface area contributed by atoms with E-state index in [0.29, 0.717) is 0 Å². The van der Waals surface area contributed by atoms with Crippen molar-refractivity contribution in [3.8, 4) is 28.2 Å². The minimum absolute atomic E-state index is 0.0395. The molecule has 18 nitrogen and oxygen atoms in total. The summed E-state index contributed by atoms with van der Waals surface area (Å²) in [5.74, 6) is -14.2. The van der Waals surface area contributed by atoms with E-state index in [2.05, 4.69) is 14.8 Å². The van der Waals surface area contributed by atoms with Gasteiger partial charge in [-0.05, 0) is 61.2 Å². The number of benzene rings is 4. The molecule has 2 aliphatic rings. The van der Waals surface area contributed by atoms with Crippen molar-refractivity contribution in [3.05, 3.63) is 88.3 Å². The zero-order valence-electron chi connectivity index (χ0n) is 30.9. The van der Waals surface area contributed by atoms with Gasteiger partial charge in [-0.1, -0.05) is 6.42 Å². The minimum atomic E-state index is -5.52. The molecule has 0 spiro atoms. The number of halogens is 4. The van der Waals surface area contributed by atoms with Crippen molar-refractivity contribution in [2.24, 2.45) is 0 Å². The molecule has 0 saturated heterocycles. The van der Waals surface area contributed by atoms with Crippen molar-refractivity contribution in [2.45, 2.75) is 41.9 Å². The number of anilines is 1. The Morgan fingerprint density at radius 3 is 2.11 bits per heavy atom. The third-order valence-electron chi connectivity index (χ3n) is 8.82. The molecule has 3 aromatic carbocycles. The Bertz CT molecular complexity index is 2960. The summed E-state index contributed by atoms with van der Waals surface area (Å²) in [6.07, 6.45) is -0.472. The first kappa shape index (κ1) is 46.1. The van der Waals surface area contributed by atoms with Crippen LogP contribution in [-0.4, -0.2) is 76.2 Å². The SMILES string of the molecule is Nc1ccc2c(-c3cc(C(=O)NCCCCCC(=O)Oc4c(F)c(F)cc(F)c4F)ccc3C(=O)O)c3ccc(=[NH2+])c(S(=O)(=O)[O-])c-3oc2c1S(=O)(=O)NCCCS(=O)(=O)[O-]. The number of carbonyl (C=O) groups is 3. The number of amides is 1. The molecule has 0 bridgehead atoms. The van der Waals surface area contributed by atoms with Crippen LogP contribution in [0.5, 0.6) is 5.75 Å². The van der Waals surface area contributed by atoms with Crippen LogP contribution in [0.4, 0.5) is 23.2 Å². The summed E-state index contributed by atoms with van der Waals surface area (Å²) in [5.41, 5.74) is 3.23. The minimum Gasteiger partial charge on any atom is -0.748 e. The van der Waals surface area contributed by atoms with E-state index in [1.54, 1.807) is 0 Å². The van der Waals surface area contributed by atoms with Crippen LogP contribution in [0.25, 0.3) is 33.4 Å². The van der Waals surface area contributed by atoms with Gasteiger partial charge in [-0.2, -0.15) is 8.78 Å². The van der Waals surface area contributed by atoms with Crippen molar-refractivity contribution in [2.75, 3.05) is 24.6 Å². The standard InChI is InChI=1S/C36H32F4N4O14S3/c37-22-16-23(38)29(40)32(28(22)39)57-26(45)5-2-1-3-12-43-35(46)17-6-7-18(36(47)48)21(15-17)27-19-8-10-24(41)33(60(52,53)44-13-4-14-59(49,50)51)30(19)58-31-20(27)9-11-25(42)34(31)61(54,55)56/h6-11,15-16,42,44H,1-5,12-14,41H2,(H,43,46)(H,47,48)(H,49,50,51)(H,54,55,56)/p-1. The summed E-state index contributed by atoms with van der Waals surface area (Å²) in [4.78, 5) is 36.0. The van der Waals surface area contributed by atoms with Gasteiger partial charge in [0.05, 0.1) is 21.4 Å². The lowest BCUT2D eigenvalue weighted by molar-refractivity contribution is -0.176. The number of nitrogen functional groups attached to an aromatic ring is 1. The second kappa shape index (κ2) is 17.9. The highest BCUT2D eigenvalue weighted by Crippen LogP contribution is 2.46. The van der Waals surface area contributed by atoms with E-state index in [9.17, 15) is 71.4 Å². The third-order valence-corrected chi connectivity index (χ3v) is 12.1. The molecule has 7 N–H and O–H groups in total. The maximum atomic E-state index is 13.8. The van der Waals surface area contributed by atoms with Crippen molar-refractivity contribution in [1.82, 2.24) is 10.0 Å². The highest BCUT2D eigenvalue weighted by molar-refractivity contribution is 7.90. The molecule has 1 aliphatic heterocycles. The molecule has 1 aliphatic carbocycles. The number of carbonyl (C=O) groups excluding carboxylic acids is 2. The fraction of sp³-hybridized carbons (Fsp3) is 0.222. The Labute approximate surface area is 342 Å². The van der Waals surface area contributed by atoms with E-state index in [0.717, 1.165) is 36.4 Å². The number of carboxylic acids is 1. The van der Waals surface area contributed by atoms with Gasteiger partial charge in [0.1, 0.15) is 15.0 Å². The normalized spacial score (nSPS) is 12.2. The van der Waals surface area contributed by atoms with Crippen LogP contribution >= 0.6 is 0 Å². The van der Waals surface area contributed by atoms with Gasteiger partial charge in [0.25, 0.3) is 5.91 Å². The van der Waals surface area contributed by atoms with Gasteiger partial charge in [0.2, 0.25) is 32.8 Å². The van der Waals surface area contributed by atoms with E-state index in [1.807, 2.05) is 0 Å². The number of nitrogens with two attached hydrogens (primary N) is 2. The van der Waals surface area contributed by atoms with Gasteiger partial charge < -0.3 is 34.4 Å². The number of nitrogens with one attached hydrogen (secondary N) is 2. The van der Waals surface area contributed by atoms with Crippen molar-refractivity contribution >= 4 is 64.8 Å². The Morgan fingerprint density at radius 2 is 1.49 bits per heavy atom. The lowest BCUT2D eigenvalue weighted by atomic mass is 9.89. The van der Waals surface area contributed by atoms with Gasteiger partial charge >= 0.3 is 11.9 Å². The summed E-state index contributed by atoms with van der Waals surface area (Å²) < 4.78 is 165. The summed E-state index contributed by atoms with van der Waals surface area (Å²) in [6, 6.07) is 7.55. The zero-order valence-corrected chi connectivity index (χ0v) is 33.4. The summed E-state index contributed by atoms with van der Waals surface area (Å²) in [6.45, 7) is -0.669. The first-order valence-corrected chi connectivity index (χ1v) is 21.9. The number of carboxylic acid groups (broad SMARTS) is 1. The van der Waals surface area contributed by atoms with E-state index in [1.165, 1.54) is 6.07 Å². The number of hydrogen-bond acceptors (Lipinski definition) is 14. The fourth-order valence-electron chi connectivity index (χ4n) is 6.11. The Balaban J connectivity index is 1.49. The molecule has 3 aromatic rings. The number of hydrogen-bond donors (Lipinski definition) is 5. The van der Waals surface area contributed by atoms with Crippen LogP contribution in [0.15, 0.2) is 62.7 Å². The highest BCUT2D eigenvalue weighted by Gasteiger charge is 2.32. The quantitative estimate of drug-likeness (QED) is 0.0130. The predicted octanol–water partition coefficient (Wildman–Crippen LogP) is 1.71. The van der Waals surface area contributed by atoms with Gasteiger partial charge in [-0.25, -0.2) is 43.6 Å². The Kier molecular flexibility index (Phi) is 13.5. The average molecular weight is 916 g/mol. The maximum Gasteiger partial charge on any atom is 0.336 e. The van der Waals surface area contributed by atoms with E-state index >= 15 is 0 Å². The monoisotopic (exact) mass is 915 g/mol. The Morgan fingerprint density at radius 1 is 0.820 bits per heavy atom. The highest BCUT2D eigenvalue weighted by atomic mass is 32.2. The molecule has 61 heavy (non-hydrogen) atoms. The van der Waals surface area contributed by atoms with Crippen LogP contribution in [0.1, 0.15) is 52.8 Å². The molecule has 326 valence electrons. The smallest absolute Gasteiger partial charge is 0.336 e. The lowest BCUT2D eigenvalue weighted by Crippen LogP contribution is -2.47. The van der Waals surface area contributed by atoms with Crippen molar-refractivity contribution in [1.29, 1.82) is 0 Å². The van der Waals surface area contributed by atoms with E-state index < -0.39 is 140 Å². The summed E-state index contributed by atoms with van der Waals surface area (Å²) >= 11 is 0. The van der Waals surface area contributed by atoms with Crippen LogP contribution in [0.2, 0.25) is 0 Å². The van der Waals surface area contributed by atoms with E-state index in [4.69, 9.17) is 15.6 Å². The first-order valence-electron chi connectivity index (χ1n) is 17.4. The molecule has 0 aromatic heterocycles. The van der Waals surface area contributed by atoms with Gasteiger partial charge in [-0.3, -0.25) is 15.0 Å². The molecule has 1 amide bonds. The van der Waals surface area contributed by atoms with Crippen LogP contribution < -0.4 is 31.3 Å². The lowest BCUT2D eigenvalue weighted by Gasteiger charge is -2.21. The second-order valence-electron chi connectivity index (χ2n) is 13.1. The van der Waals surface area contributed by atoms with Gasteiger partial charge in [0.15, 0.2) is 27.9 Å². The first-order chi connectivity index (χ1) is 28.4. The van der Waals surface area contributed by atoms with E-state index in [-0.39, 0.29) is 59.5 Å². The molecule has 0 unspecified atom stereocenters. The number of fused-ring (bicyclic) bond motifs is 2. The van der Waals surface area contributed by atoms with Crippen LogP contribution in [0.3, 0.4) is 0 Å². The largest absolute Gasteiger partial charge is 0.748 e. The molecule has 0 radical (unpaired) electrons. The fourth-order valence-corrected chi connectivity index (χ4v) is 8.68. The maximum absolute atomic E-state index is 13.8. The molecular formula is C36H31F4N4O14S3-. The van der Waals surface area contributed by atoms with Crippen LogP contribution in [-0.2, 0) is 35.1 Å². The Hall–Kier alpha value is -5.99. The number of ether oxygens (including phenoxy) is 1. The molecule has 0 atom stereocenters. The molecule has 0 saturated carbocycles. The third kappa shape index (κ3) is 10.3. The summed E-state index contributed by atoms with van der Waals surface area (Å²) in [5, 5.41) is 17.8. The van der Waals surface area contributed by atoms with Gasteiger partial charge in [-0.15, -0.1) is 0 Å². The average Bonchev–Trinajstić information content (AvgIpc) is 3.16. The van der Waals surface area contributed by atoms with Crippen molar-refractivity contribution < 1.29 is 86.0 Å². The number of esters is 1. The molecular weight excluding hydrogens is 885 g/mol. The van der Waals surface area contributed by atoms with Crippen LogP contribution in [0, 0.1) is 23.3 Å². The zero-order chi connectivity index (χ0) is 45.2. The van der Waals surface area contributed by atoms with Crippen molar-refractivity contribution in [3.63, 3.8) is 0 Å².